The smallest absolute Gasteiger partial charge is 0.244 e. The SMILES string of the molecule is CC1CCCCN1S(=O)(=O)c1ccc(CN)cc1Cl. The van der Waals surface area contributed by atoms with Gasteiger partial charge in [-0.2, -0.15) is 4.31 Å². The summed E-state index contributed by atoms with van der Waals surface area (Å²) in [7, 11) is -3.51. The Morgan fingerprint density at radius 1 is 1.42 bits per heavy atom. The predicted molar refractivity (Wildman–Crippen MR) is 76.5 cm³/mol. The van der Waals surface area contributed by atoms with Gasteiger partial charge in [-0.15, -0.1) is 0 Å². The molecule has 4 nitrogen and oxygen atoms in total. The van der Waals surface area contributed by atoms with Gasteiger partial charge in [-0.3, -0.25) is 0 Å². The largest absolute Gasteiger partial charge is 0.326 e. The average Bonchev–Trinajstić information content (AvgIpc) is 2.38. The molecule has 0 amide bonds. The van der Waals surface area contributed by atoms with E-state index in [4.69, 9.17) is 17.3 Å². The summed E-state index contributed by atoms with van der Waals surface area (Å²) in [6, 6.07) is 4.93. The summed E-state index contributed by atoms with van der Waals surface area (Å²) in [4.78, 5) is 0.181. The van der Waals surface area contributed by atoms with Gasteiger partial charge in [-0.25, -0.2) is 8.42 Å². The standard InChI is InChI=1S/C13H19ClN2O2S/c1-10-4-2-3-7-16(10)19(17,18)13-6-5-11(9-15)8-12(13)14/h5-6,8,10H,2-4,7,9,15H2,1H3. The molecule has 2 rings (SSSR count). The number of sulfonamides is 1. The van der Waals surface area contributed by atoms with Gasteiger partial charge in [-0.05, 0) is 37.5 Å². The van der Waals surface area contributed by atoms with Gasteiger partial charge in [0.15, 0.2) is 0 Å². The second kappa shape index (κ2) is 5.79. The van der Waals surface area contributed by atoms with E-state index in [9.17, 15) is 8.42 Å². The second-order valence-corrected chi connectivity index (χ2v) is 7.20. The number of nitrogens with two attached hydrogens (primary N) is 1. The summed E-state index contributed by atoms with van der Waals surface area (Å²) in [5, 5.41) is 0.251. The van der Waals surface area contributed by atoms with Crippen molar-refractivity contribution in [3.8, 4) is 0 Å². The Morgan fingerprint density at radius 3 is 2.74 bits per heavy atom. The van der Waals surface area contributed by atoms with Gasteiger partial charge in [0.1, 0.15) is 4.90 Å². The lowest BCUT2D eigenvalue weighted by Crippen LogP contribution is -2.42. The van der Waals surface area contributed by atoms with Gasteiger partial charge >= 0.3 is 0 Å². The van der Waals surface area contributed by atoms with Gasteiger partial charge in [0, 0.05) is 19.1 Å². The number of benzene rings is 1. The topological polar surface area (TPSA) is 63.4 Å². The maximum Gasteiger partial charge on any atom is 0.244 e. The van der Waals surface area contributed by atoms with Crippen molar-refractivity contribution >= 4 is 21.6 Å². The lowest BCUT2D eigenvalue weighted by atomic mass is 10.1. The summed E-state index contributed by atoms with van der Waals surface area (Å²) >= 11 is 6.10. The van der Waals surface area contributed by atoms with Crippen molar-refractivity contribution in [1.29, 1.82) is 0 Å². The minimum Gasteiger partial charge on any atom is -0.326 e. The van der Waals surface area contributed by atoms with E-state index >= 15 is 0 Å². The third-order valence-corrected chi connectivity index (χ3v) is 6.06. The van der Waals surface area contributed by atoms with Gasteiger partial charge in [0.2, 0.25) is 10.0 Å². The molecular formula is C13H19ClN2O2S. The Balaban J connectivity index is 2.38. The number of hydrogen-bond acceptors (Lipinski definition) is 3. The molecule has 0 spiro atoms. The van der Waals surface area contributed by atoms with Crippen LogP contribution in [0.3, 0.4) is 0 Å². The van der Waals surface area contributed by atoms with Crippen LogP contribution in [0.1, 0.15) is 31.7 Å². The highest BCUT2D eigenvalue weighted by molar-refractivity contribution is 7.89. The Kier molecular flexibility index (Phi) is 4.50. The molecule has 6 heteroatoms. The molecular weight excluding hydrogens is 284 g/mol. The molecule has 1 fully saturated rings. The van der Waals surface area contributed by atoms with Crippen molar-refractivity contribution < 1.29 is 8.42 Å². The molecule has 1 aliphatic heterocycles. The highest BCUT2D eigenvalue weighted by Crippen LogP contribution is 2.29. The van der Waals surface area contributed by atoms with Crippen molar-refractivity contribution in [3.05, 3.63) is 28.8 Å². The van der Waals surface area contributed by atoms with Crippen LogP contribution in [0.5, 0.6) is 0 Å². The molecule has 1 atom stereocenters. The Morgan fingerprint density at radius 2 is 2.16 bits per heavy atom. The van der Waals surface area contributed by atoms with Crippen LogP contribution in [0.2, 0.25) is 5.02 Å². The van der Waals surface area contributed by atoms with Crippen molar-refractivity contribution in [3.63, 3.8) is 0 Å². The number of halogens is 1. The maximum atomic E-state index is 12.6. The van der Waals surface area contributed by atoms with E-state index in [0.29, 0.717) is 13.1 Å². The third-order valence-electron chi connectivity index (χ3n) is 3.56. The number of hydrogen-bond donors (Lipinski definition) is 1. The molecule has 1 aliphatic rings. The number of rotatable bonds is 3. The van der Waals surface area contributed by atoms with Crippen molar-refractivity contribution in [1.82, 2.24) is 4.31 Å². The van der Waals surface area contributed by atoms with E-state index in [1.54, 1.807) is 22.5 Å². The lowest BCUT2D eigenvalue weighted by molar-refractivity contribution is 0.268. The highest BCUT2D eigenvalue weighted by atomic mass is 35.5. The zero-order chi connectivity index (χ0) is 14.0. The first-order chi connectivity index (χ1) is 8.96. The highest BCUT2D eigenvalue weighted by Gasteiger charge is 2.32. The molecule has 1 heterocycles. The first-order valence-corrected chi connectivity index (χ1v) is 8.29. The lowest BCUT2D eigenvalue weighted by Gasteiger charge is -2.32. The molecule has 0 aliphatic carbocycles. The fraction of sp³-hybridized carbons (Fsp3) is 0.538. The summed E-state index contributed by atoms with van der Waals surface area (Å²) in [5.41, 5.74) is 6.35. The van der Waals surface area contributed by atoms with Crippen LogP contribution in [-0.4, -0.2) is 25.3 Å². The first-order valence-electron chi connectivity index (χ1n) is 6.47. The molecule has 1 saturated heterocycles. The molecule has 0 saturated carbocycles. The van der Waals surface area contributed by atoms with Crippen LogP contribution in [0.25, 0.3) is 0 Å². The van der Waals surface area contributed by atoms with Crippen LogP contribution in [-0.2, 0) is 16.6 Å². The van der Waals surface area contributed by atoms with Gasteiger partial charge < -0.3 is 5.73 Å². The molecule has 0 aromatic heterocycles. The summed E-state index contributed by atoms with van der Waals surface area (Å²) in [6.45, 7) is 2.86. The van der Waals surface area contributed by atoms with Crippen molar-refractivity contribution in [2.45, 2.75) is 43.7 Å². The van der Waals surface area contributed by atoms with E-state index in [0.717, 1.165) is 24.8 Å². The van der Waals surface area contributed by atoms with E-state index in [1.165, 1.54) is 0 Å². The molecule has 0 bridgehead atoms. The van der Waals surface area contributed by atoms with E-state index in [1.807, 2.05) is 6.92 Å². The zero-order valence-corrected chi connectivity index (χ0v) is 12.5. The maximum absolute atomic E-state index is 12.6. The average molecular weight is 303 g/mol. The quantitative estimate of drug-likeness (QED) is 0.932. The van der Waals surface area contributed by atoms with Gasteiger partial charge in [-0.1, -0.05) is 24.1 Å². The Hall–Kier alpha value is -0.620. The minimum atomic E-state index is -3.51. The minimum absolute atomic E-state index is 0.0315. The molecule has 1 aromatic rings. The van der Waals surface area contributed by atoms with Crippen LogP contribution >= 0.6 is 11.6 Å². The predicted octanol–water partition coefficient (Wildman–Crippen LogP) is 2.36. The number of piperidine rings is 1. The zero-order valence-electron chi connectivity index (χ0n) is 11.0. The Bertz CT molecular complexity index is 560. The Labute approximate surface area is 119 Å². The fourth-order valence-corrected chi connectivity index (χ4v) is 4.68. The summed E-state index contributed by atoms with van der Waals surface area (Å²) in [5.74, 6) is 0. The molecule has 0 radical (unpaired) electrons. The first kappa shape index (κ1) is 14.8. The van der Waals surface area contributed by atoms with Crippen molar-refractivity contribution in [2.75, 3.05) is 6.54 Å². The molecule has 1 unspecified atom stereocenters. The van der Waals surface area contributed by atoms with Crippen LogP contribution in [0.4, 0.5) is 0 Å². The molecule has 106 valence electrons. The van der Waals surface area contributed by atoms with E-state index < -0.39 is 10.0 Å². The molecule has 19 heavy (non-hydrogen) atoms. The normalized spacial score (nSPS) is 21.5. The van der Waals surface area contributed by atoms with E-state index in [2.05, 4.69) is 0 Å². The monoisotopic (exact) mass is 302 g/mol. The second-order valence-electron chi connectivity index (χ2n) is 4.93. The summed E-state index contributed by atoms with van der Waals surface area (Å²) in [6.07, 6.45) is 2.88. The van der Waals surface area contributed by atoms with Crippen LogP contribution in [0.15, 0.2) is 23.1 Å². The van der Waals surface area contributed by atoms with E-state index in [-0.39, 0.29) is 16.0 Å². The number of nitrogens with zero attached hydrogens (tertiary/aromatic N) is 1. The van der Waals surface area contributed by atoms with Crippen molar-refractivity contribution in [2.24, 2.45) is 5.73 Å². The summed E-state index contributed by atoms with van der Waals surface area (Å²) < 4.78 is 26.8. The van der Waals surface area contributed by atoms with Gasteiger partial charge in [0.25, 0.3) is 0 Å². The van der Waals surface area contributed by atoms with Crippen LogP contribution in [0, 0.1) is 0 Å². The fourth-order valence-electron chi connectivity index (χ4n) is 2.44. The molecule has 2 N–H and O–H groups in total. The molecule has 1 aromatic carbocycles. The van der Waals surface area contributed by atoms with Crippen LogP contribution < -0.4 is 5.73 Å². The third kappa shape index (κ3) is 2.94. The van der Waals surface area contributed by atoms with Gasteiger partial charge in [0.05, 0.1) is 5.02 Å².